The molecule has 0 saturated carbocycles. The molecule has 1 rings (SSSR count). The number of nitrogens with zero attached hydrogens (tertiary/aromatic N) is 1. The summed E-state index contributed by atoms with van der Waals surface area (Å²) >= 11 is 0. The zero-order valence-corrected chi connectivity index (χ0v) is 14.9. The van der Waals surface area contributed by atoms with Gasteiger partial charge in [-0.3, -0.25) is 9.59 Å². The highest BCUT2D eigenvalue weighted by molar-refractivity contribution is 5.94. The van der Waals surface area contributed by atoms with Crippen molar-refractivity contribution >= 4 is 17.5 Å². The molecule has 0 aromatic heterocycles. The second-order valence-corrected chi connectivity index (χ2v) is 6.18. The van der Waals surface area contributed by atoms with E-state index < -0.39 is 29.0 Å². The van der Waals surface area contributed by atoms with E-state index in [9.17, 15) is 22.8 Å². The van der Waals surface area contributed by atoms with Crippen molar-refractivity contribution in [2.24, 2.45) is 5.92 Å². The van der Waals surface area contributed by atoms with Crippen molar-refractivity contribution in [2.45, 2.75) is 46.5 Å². The Balaban J connectivity index is 2.73. The molecular formula is C18H25F3N2O2. The molecule has 0 bridgehead atoms. The summed E-state index contributed by atoms with van der Waals surface area (Å²) < 4.78 is 39.7. The predicted molar refractivity (Wildman–Crippen MR) is 90.5 cm³/mol. The van der Waals surface area contributed by atoms with Gasteiger partial charge >= 0.3 is 0 Å². The molecule has 0 heterocycles. The Kier molecular flexibility index (Phi) is 8.45. The van der Waals surface area contributed by atoms with Crippen molar-refractivity contribution in [3.05, 3.63) is 29.6 Å². The molecule has 1 aromatic rings. The SMILES string of the molecule is CCCC(C)CC(=O)N(CCC)CC(=O)Nc1ccc(F)c(F)c1F. The number of nitrogens with one attached hydrogen (secondary N) is 1. The number of rotatable bonds is 9. The molecule has 7 heteroatoms. The van der Waals surface area contributed by atoms with E-state index in [2.05, 4.69) is 5.32 Å². The number of hydrogen-bond acceptors (Lipinski definition) is 2. The van der Waals surface area contributed by atoms with Crippen LogP contribution in [0.5, 0.6) is 0 Å². The summed E-state index contributed by atoms with van der Waals surface area (Å²) in [6.45, 7) is 6.02. The molecule has 140 valence electrons. The summed E-state index contributed by atoms with van der Waals surface area (Å²) in [4.78, 5) is 25.8. The maximum absolute atomic E-state index is 13.6. The van der Waals surface area contributed by atoms with Gasteiger partial charge in [0, 0.05) is 13.0 Å². The molecule has 0 aliphatic carbocycles. The molecule has 1 unspecified atom stereocenters. The van der Waals surface area contributed by atoms with E-state index in [0.29, 0.717) is 19.4 Å². The van der Waals surface area contributed by atoms with Gasteiger partial charge in [0.2, 0.25) is 11.8 Å². The third-order valence-electron chi connectivity index (χ3n) is 3.79. The molecule has 1 N–H and O–H groups in total. The number of halogens is 3. The van der Waals surface area contributed by atoms with Crippen LogP contribution in [-0.4, -0.2) is 29.8 Å². The number of carbonyl (C=O) groups excluding carboxylic acids is 2. The second kappa shape index (κ2) is 10.1. The minimum atomic E-state index is -1.65. The lowest BCUT2D eigenvalue weighted by atomic mass is 10.0. The molecule has 1 atom stereocenters. The lowest BCUT2D eigenvalue weighted by Gasteiger charge is -2.23. The Morgan fingerprint density at radius 3 is 2.40 bits per heavy atom. The maximum Gasteiger partial charge on any atom is 0.244 e. The normalized spacial score (nSPS) is 11.9. The van der Waals surface area contributed by atoms with E-state index in [-0.39, 0.29) is 18.4 Å². The van der Waals surface area contributed by atoms with Crippen molar-refractivity contribution in [1.82, 2.24) is 4.90 Å². The fraction of sp³-hybridized carbons (Fsp3) is 0.556. The van der Waals surface area contributed by atoms with E-state index in [1.54, 1.807) is 0 Å². The number of carbonyl (C=O) groups is 2. The van der Waals surface area contributed by atoms with Crippen molar-refractivity contribution in [3.8, 4) is 0 Å². The second-order valence-electron chi connectivity index (χ2n) is 6.18. The fourth-order valence-corrected chi connectivity index (χ4v) is 2.57. The Labute approximate surface area is 146 Å². The van der Waals surface area contributed by atoms with Crippen LogP contribution in [0, 0.1) is 23.4 Å². The summed E-state index contributed by atoms with van der Waals surface area (Å²) in [5, 5.41) is 2.19. The van der Waals surface area contributed by atoms with Crippen LogP contribution >= 0.6 is 0 Å². The molecule has 2 amide bonds. The van der Waals surface area contributed by atoms with Crippen LogP contribution in [0.4, 0.5) is 18.9 Å². The van der Waals surface area contributed by atoms with Crippen LogP contribution in [-0.2, 0) is 9.59 Å². The summed E-state index contributed by atoms with van der Waals surface area (Å²) in [5.74, 6) is -5.03. The van der Waals surface area contributed by atoms with Gasteiger partial charge in [0.15, 0.2) is 17.5 Å². The number of benzene rings is 1. The number of amides is 2. The number of hydrogen-bond donors (Lipinski definition) is 1. The zero-order valence-electron chi connectivity index (χ0n) is 14.9. The minimum Gasteiger partial charge on any atom is -0.333 e. The van der Waals surface area contributed by atoms with Crippen LogP contribution in [0.3, 0.4) is 0 Å². The average molecular weight is 358 g/mol. The first-order chi connectivity index (χ1) is 11.8. The van der Waals surface area contributed by atoms with Gasteiger partial charge in [-0.1, -0.05) is 33.6 Å². The number of anilines is 1. The van der Waals surface area contributed by atoms with E-state index in [1.807, 2.05) is 20.8 Å². The minimum absolute atomic E-state index is 0.149. The van der Waals surface area contributed by atoms with Gasteiger partial charge in [-0.05, 0) is 24.5 Å². The van der Waals surface area contributed by atoms with Crippen LogP contribution < -0.4 is 5.32 Å². The molecule has 4 nitrogen and oxygen atoms in total. The van der Waals surface area contributed by atoms with Crippen LogP contribution in [0.1, 0.15) is 46.5 Å². The monoisotopic (exact) mass is 358 g/mol. The Bertz CT molecular complexity index is 608. The van der Waals surface area contributed by atoms with Gasteiger partial charge in [0.25, 0.3) is 0 Å². The largest absolute Gasteiger partial charge is 0.333 e. The van der Waals surface area contributed by atoms with Crippen LogP contribution in [0.25, 0.3) is 0 Å². The summed E-state index contributed by atoms with van der Waals surface area (Å²) in [6, 6.07) is 1.68. The third kappa shape index (κ3) is 6.40. The Morgan fingerprint density at radius 2 is 1.80 bits per heavy atom. The van der Waals surface area contributed by atoms with Crippen molar-refractivity contribution in [2.75, 3.05) is 18.4 Å². The fourth-order valence-electron chi connectivity index (χ4n) is 2.57. The first-order valence-corrected chi connectivity index (χ1v) is 8.51. The Morgan fingerprint density at radius 1 is 1.12 bits per heavy atom. The Hall–Kier alpha value is -2.05. The molecule has 0 spiro atoms. The summed E-state index contributed by atoms with van der Waals surface area (Å²) in [5.41, 5.74) is -0.452. The summed E-state index contributed by atoms with van der Waals surface area (Å²) in [6.07, 6.45) is 2.89. The van der Waals surface area contributed by atoms with Gasteiger partial charge < -0.3 is 10.2 Å². The van der Waals surface area contributed by atoms with Crippen molar-refractivity contribution in [3.63, 3.8) is 0 Å². The highest BCUT2D eigenvalue weighted by Crippen LogP contribution is 2.19. The molecule has 0 radical (unpaired) electrons. The molecule has 0 aliphatic rings. The van der Waals surface area contributed by atoms with Gasteiger partial charge in [0.1, 0.15) is 0 Å². The summed E-state index contributed by atoms with van der Waals surface area (Å²) in [7, 11) is 0. The molecule has 0 aliphatic heterocycles. The van der Waals surface area contributed by atoms with Gasteiger partial charge in [-0.25, -0.2) is 13.2 Å². The average Bonchev–Trinajstić information content (AvgIpc) is 2.55. The molecule has 0 fully saturated rings. The molecule has 1 aromatic carbocycles. The quantitative estimate of drug-likeness (QED) is 0.676. The zero-order chi connectivity index (χ0) is 19.0. The predicted octanol–water partition coefficient (Wildman–Crippen LogP) is 4.11. The maximum atomic E-state index is 13.6. The first-order valence-electron chi connectivity index (χ1n) is 8.51. The molecule has 0 saturated heterocycles. The van der Waals surface area contributed by atoms with Crippen molar-refractivity contribution < 1.29 is 22.8 Å². The van der Waals surface area contributed by atoms with Gasteiger partial charge in [-0.15, -0.1) is 0 Å². The highest BCUT2D eigenvalue weighted by Gasteiger charge is 2.20. The smallest absolute Gasteiger partial charge is 0.244 e. The van der Waals surface area contributed by atoms with Gasteiger partial charge in [-0.2, -0.15) is 0 Å². The highest BCUT2D eigenvalue weighted by atomic mass is 19.2. The molecular weight excluding hydrogens is 333 g/mol. The van der Waals surface area contributed by atoms with E-state index in [1.165, 1.54) is 4.90 Å². The van der Waals surface area contributed by atoms with Crippen LogP contribution in [0.2, 0.25) is 0 Å². The molecule has 25 heavy (non-hydrogen) atoms. The lowest BCUT2D eigenvalue weighted by molar-refractivity contribution is -0.135. The topological polar surface area (TPSA) is 49.4 Å². The van der Waals surface area contributed by atoms with Crippen LogP contribution in [0.15, 0.2) is 12.1 Å². The lowest BCUT2D eigenvalue weighted by Crippen LogP contribution is -2.39. The first kappa shape index (κ1) is 21.0. The van der Waals surface area contributed by atoms with E-state index >= 15 is 0 Å². The van der Waals surface area contributed by atoms with E-state index in [0.717, 1.165) is 25.0 Å². The van der Waals surface area contributed by atoms with Crippen molar-refractivity contribution in [1.29, 1.82) is 0 Å². The third-order valence-corrected chi connectivity index (χ3v) is 3.79. The van der Waals surface area contributed by atoms with Gasteiger partial charge in [0.05, 0.1) is 12.2 Å². The van der Waals surface area contributed by atoms with E-state index in [4.69, 9.17) is 0 Å². The standard InChI is InChI=1S/C18H25F3N2O2/c1-4-6-12(3)10-16(25)23(9-5-2)11-15(24)22-14-8-7-13(19)17(20)18(14)21/h7-8,12H,4-6,9-11H2,1-3H3,(H,22,24).